The van der Waals surface area contributed by atoms with Gasteiger partial charge in [0.05, 0.1) is 0 Å². The van der Waals surface area contributed by atoms with E-state index in [1.165, 1.54) is 5.57 Å². The van der Waals surface area contributed by atoms with E-state index in [9.17, 15) is 4.79 Å². The van der Waals surface area contributed by atoms with Crippen molar-refractivity contribution >= 4 is 5.78 Å². The molecule has 0 amide bonds. The van der Waals surface area contributed by atoms with Crippen LogP contribution in [0.1, 0.15) is 40.5 Å². The van der Waals surface area contributed by atoms with Crippen molar-refractivity contribution in [3.8, 4) is 0 Å². The molecule has 0 aliphatic heterocycles. The Kier molecular flexibility index (Phi) is 2.74. The van der Waals surface area contributed by atoms with Gasteiger partial charge in [0.2, 0.25) is 0 Å². The van der Waals surface area contributed by atoms with Crippen LogP contribution in [0.15, 0.2) is 23.3 Å². The van der Waals surface area contributed by atoms with Gasteiger partial charge >= 0.3 is 0 Å². The highest BCUT2D eigenvalue weighted by Gasteiger charge is 2.17. The summed E-state index contributed by atoms with van der Waals surface area (Å²) in [5.74, 6) is 0.313. The third-order valence-corrected chi connectivity index (χ3v) is 2.31. The summed E-state index contributed by atoms with van der Waals surface area (Å²) >= 11 is 0. The van der Waals surface area contributed by atoms with Gasteiger partial charge in [0.25, 0.3) is 0 Å². The lowest BCUT2D eigenvalue weighted by molar-refractivity contribution is -0.114. The molecule has 0 spiro atoms. The first-order chi connectivity index (χ1) is 5.90. The van der Waals surface area contributed by atoms with Crippen LogP contribution in [0.25, 0.3) is 0 Å². The summed E-state index contributed by atoms with van der Waals surface area (Å²) in [6.07, 6.45) is 5.91. The summed E-state index contributed by atoms with van der Waals surface area (Å²) in [5.41, 5.74) is 2.39. The molecule has 0 saturated carbocycles. The smallest absolute Gasteiger partial charge is 0.159 e. The molecule has 1 aliphatic carbocycles. The van der Waals surface area contributed by atoms with Gasteiger partial charge in [-0.1, -0.05) is 32.9 Å². The summed E-state index contributed by atoms with van der Waals surface area (Å²) in [4.78, 5) is 11.2. The maximum absolute atomic E-state index is 11.2. The van der Waals surface area contributed by atoms with Gasteiger partial charge in [0.1, 0.15) is 0 Å². The second kappa shape index (κ2) is 3.49. The van der Waals surface area contributed by atoms with Crippen LogP contribution in [-0.4, -0.2) is 5.78 Å². The lowest BCUT2D eigenvalue weighted by atomic mass is 9.95. The molecule has 0 atom stereocenters. The van der Waals surface area contributed by atoms with Crippen molar-refractivity contribution in [2.75, 3.05) is 0 Å². The molecule has 1 nitrogen and oxygen atoms in total. The molecule has 0 aromatic rings. The fourth-order valence-electron chi connectivity index (χ4n) is 1.36. The average molecular weight is 178 g/mol. The van der Waals surface area contributed by atoms with E-state index >= 15 is 0 Å². The first-order valence-electron chi connectivity index (χ1n) is 4.82. The predicted molar refractivity (Wildman–Crippen MR) is 55.5 cm³/mol. The van der Waals surface area contributed by atoms with Crippen molar-refractivity contribution in [3.63, 3.8) is 0 Å². The van der Waals surface area contributed by atoms with Gasteiger partial charge in [-0.25, -0.2) is 0 Å². The zero-order valence-corrected chi connectivity index (χ0v) is 8.98. The Balaban J connectivity index is 2.76. The van der Waals surface area contributed by atoms with Gasteiger partial charge in [0, 0.05) is 6.42 Å². The van der Waals surface area contributed by atoms with Crippen LogP contribution in [0.5, 0.6) is 0 Å². The summed E-state index contributed by atoms with van der Waals surface area (Å²) in [6.45, 7) is 8.42. The van der Waals surface area contributed by atoms with Crippen molar-refractivity contribution in [3.05, 3.63) is 23.3 Å². The van der Waals surface area contributed by atoms with Crippen molar-refractivity contribution in [2.45, 2.75) is 40.5 Å². The molecule has 0 heterocycles. The molecule has 0 aromatic heterocycles. The van der Waals surface area contributed by atoms with Crippen molar-refractivity contribution in [2.24, 2.45) is 5.41 Å². The quantitative estimate of drug-likeness (QED) is 0.602. The van der Waals surface area contributed by atoms with E-state index in [4.69, 9.17) is 0 Å². The van der Waals surface area contributed by atoms with Crippen molar-refractivity contribution < 1.29 is 4.79 Å². The van der Waals surface area contributed by atoms with Crippen LogP contribution in [0, 0.1) is 5.41 Å². The Bertz CT molecular complexity index is 274. The Morgan fingerprint density at radius 1 is 1.23 bits per heavy atom. The molecule has 72 valence electrons. The van der Waals surface area contributed by atoms with E-state index in [-0.39, 0.29) is 5.41 Å². The fourth-order valence-corrected chi connectivity index (χ4v) is 1.36. The minimum atomic E-state index is 0.207. The number of carbonyl (C=O) groups is 1. The van der Waals surface area contributed by atoms with Crippen LogP contribution < -0.4 is 0 Å². The van der Waals surface area contributed by atoms with Crippen LogP contribution >= 0.6 is 0 Å². The molecule has 0 radical (unpaired) electrons. The highest BCUT2D eigenvalue weighted by molar-refractivity contribution is 5.98. The maximum atomic E-state index is 11.2. The highest BCUT2D eigenvalue weighted by Crippen LogP contribution is 2.25. The summed E-state index contributed by atoms with van der Waals surface area (Å²) < 4.78 is 0. The zero-order chi connectivity index (χ0) is 10.1. The molecule has 0 unspecified atom stereocenters. The van der Waals surface area contributed by atoms with E-state index in [2.05, 4.69) is 32.9 Å². The van der Waals surface area contributed by atoms with Crippen molar-refractivity contribution in [1.82, 2.24) is 0 Å². The Morgan fingerprint density at radius 2 is 1.85 bits per heavy atom. The normalized spacial score (nSPS) is 19.2. The van der Waals surface area contributed by atoms with E-state index in [1.54, 1.807) is 0 Å². The Hall–Kier alpha value is -0.850. The average Bonchev–Trinajstić information content (AvgIpc) is 2.29. The molecule has 0 N–H and O–H groups in total. The second-order valence-corrected chi connectivity index (χ2v) is 4.77. The maximum Gasteiger partial charge on any atom is 0.159 e. The Morgan fingerprint density at radius 3 is 2.23 bits per heavy atom. The first-order valence-corrected chi connectivity index (χ1v) is 4.82. The Labute approximate surface area is 80.5 Å². The molecule has 0 aromatic carbocycles. The van der Waals surface area contributed by atoms with E-state index < -0.39 is 0 Å². The third-order valence-electron chi connectivity index (χ3n) is 2.31. The topological polar surface area (TPSA) is 17.1 Å². The molecule has 0 bridgehead atoms. The van der Waals surface area contributed by atoms with Crippen LogP contribution in [0.2, 0.25) is 0 Å². The van der Waals surface area contributed by atoms with Gasteiger partial charge < -0.3 is 0 Å². The van der Waals surface area contributed by atoms with Gasteiger partial charge in [-0.2, -0.15) is 0 Å². The molecular formula is C12H18O. The van der Waals surface area contributed by atoms with Gasteiger partial charge in [-0.15, -0.1) is 0 Å². The van der Waals surface area contributed by atoms with E-state index in [0.717, 1.165) is 12.0 Å². The third kappa shape index (κ3) is 2.83. The number of hydrogen-bond donors (Lipinski definition) is 0. The van der Waals surface area contributed by atoms with Gasteiger partial charge in [-0.3, -0.25) is 4.79 Å². The van der Waals surface area contributed by atoms with Crippen LogP contribution in [0.4, 0.5) is 0 Å². The lowest BCUT2D eigenvalue weighted by Crippen LogP contribution is -1.98. The van der Waals surface area contributed by atoms with Gasteiger partial charge in [-0.05, 0) is 29.9 Å². The lowest BCUT2D eigenvalue weighted by Gasteiger charge is -2.11. The largest absolute Gasteiger partial charge is 0.295 e. The summed E-state index contributed by atoms with van der Waals surface area (Å²) in [5, 5.41) is 0. The molecule has 1 heteroatoms. The number of rotatable bonds is 1. The second-order valence-electron chi connectivity index (χ2n) is 4.77. The van der Waals surface area contributed by atoms with Gasteiger partial charge in [0.15, 0.2) is 5.78 Å². The number of allylic oxidation sites excluding steroid dienone is 4. The molecule has 0 saturated heterocycles. The minimum absolute atomic E-state index is 0.207. The van der Waals surface area contributed by atoms with Crippen molar-refractivity contribution in [1.29, 1.82) is 0 Å². The molecular weight excluding hydrogens is 160 g/mol. The summed E-state index contributed by atoms with van der Waals surface area (Å²) in [6, 6.07) is 0. The number of carbonyl (C=O) groups excluding carboxylic acids is 1. The SMILES string of the molecule is CC1=C(C=CC(C)(C)C)CCC1=O. The summed E-state index contributed by atoms with van der Waals surface area (Å²) in [7, 11) is 0. The highest BCUT2D eigenvalue weighted by atomic mass is 16.1. The molecule has 1 aliphatic rings. The number of hydrogen-bond acceptors (Lipinski definition) is 1. The fraction of sp³-hybridized carbons (Fsp3) is 0.583. The molecule has 13 heavy (non-hydrogen) atoms. The molecule has 1 rings (SSSR count). The zero-order valence-electron chi connectivity index (χ0n) is 8.98. The van der Waals surface area contributed by atoms with Crippen LogP contribution in [-0.2, 0) is 4.79 Å². The number of ketones is 1. The monoisotopic (exact) mass is 178 g/mol. The predicted octanol–water partition coefficient (Wildman–Crippen LogP) is 3.27. The van der Waals surface area contributed by atoms with E-state index in [0.29, 0.717) is 12.2 Å². The van der Waals surface area contributed by atoms with Crippen LogP contribution in [0.3, 0.4) is 0 Å². The first kappa shape index (κ1) is 10.2. The number of Topliss-reactive ketones (excluding diaryl/α,β-unsaturated/α-hetero) is 1. The standard InChI is InChI=1S/C12H18O/c1-9-10(5-6-11(9)13)7-8-12(2,3)4/h7-8H,5-6H2,1-4H3. The molecule has 0 fully saturated rings. The minimum Gasteiger partial charge on any atom is -0.295 e. The van der Waals surface area contributed by atoms with E-state index in [1.807, 2.05) is 6.92 Å².